The van der Waals surface area contributed by atoms with Gasteiger partial charge in [0.05, 0.1) is 22.5 Å². The third kappa shape index (κ3) is 2.66. The van der Waals surface area contributed by atoms with Gasteiger partial charge in [0.2, 0.25) is 0 Å². The van der Waals surface area contributed by atoms with E-state index in [1.165, 1.54) is 64.2 Å². The van der Waals surface area contributed by atoms with E-state index in [4.69, 9.17) is 9.47 Å². The molecule has 0 aromatic carbocycles. The summed E-state index contributed by atoms with van der Waals surface area (Å²) >= 11 is 0. The van der Waals surface area contributed by atoms with Crippen molar-refractivity contribution in [2.75, 3.05) is 0 Å². The zero-order valence-corrected chi connectivity index (χ0v) is 29.5. The molecular weight excluding hydrogens is 588 g/mol. The Hall–Kier alpha value is -1.14. The van der Waals surface area contributed by atoms with Crippen molar-refractivity contribution in [3.63, 3.8) is 0 Å². The molecular formula is C41H58O6. The maximum atomic E-state index is 13.0. The lowest BCUT2D eigenvalue weighted by Crippen LogP contribution is -2.93. The first-order valence-electron chi connectivity index (χ1n) is 20.0. The number of rotatable bonds is 6. The van der Waals surface area contributed by atoms with Crippen LogP contribution in [0.4, 0.5) is 0 Å². The normalized spacial score (nSPS) is 62.5. The van der Waals surface area contributed by atoms with Crippen LogP contribution < -0.4 is 0 Å². The molecule has 9 atom stereocenters. The van der Waals surface area contributed by atoms with E-state index in [1.807, 2.05) is 20.8 Å². The Morgan fingerprint density at radius 2 is 1.06 bits per heavy atom. The summed E-state index contributed by atoms with van der Waals surface area (Å²) in [6.45, 7) is 10.2. The van der Waals surface area contributed by atoms with E-state index >= 15 is 0 Å². The van der Waals surface area contributed by atoms with E-state index in [0.29, 0.717) is 47.3 Å². The number of hydrogen-bond donors (Lipinski definition) is 2. The Morgan fingerprint density at radius 1 is 0.660 bits per heavy atom. The third-order valence-electron chi connectivity index (χ3n) is 19.9. The van der Waals surface area contributed by atoms with Crippen molar-refractivity contribution in [2.24, 2.45) is 80.3 Å². The van der Waals surface area contributed by atoms with Gasteiger partial charge in [-0.05, 0) is 140 Å². The molecule has 18 fully saturated rings. The molecule has 0 saturated heterocycles. The van der Waals surface area contributed by atoms with Crippen molar-refractivity contribution >= 4 is 11.9 Å². The standard InChI is InChI=1S/C21H30O3.C20H28O3/c1-4-17(2,3)16(22)24-20-9-13-7-18-11-19(8-13)15(20)6-12(5-14(18)20)10-21(18,19)23;1-3-11(2)16(21)23-19-8-13-6-17-10-18(7-13)15(19)5-12(4-14(17)19)9-20(17,18)22/h12-15,23H,4-11H2,1-3H3;11-15,22H,3-10H2,1-2H3. The van der Waals surface area contributed by atoms with Gasteiger partial charge in [-0.15, -0.1) is 0 Å². The van der Waals surface area contributed by atoms with Gasteiger partial charge >= 0.3 is 11.9 Å². The Bertz CT molecular complexity index is 1450. The van der Waals surface area contributed by atoms with E-state index in [1.54, 1.807) is 0 Å². The highest BCUT2D eigenvalue weighted by atomic mass is 16.6. The van der Waals surface area contributed by atoms with Crippen LogP contribution in [0.2, 0.25) is 0 Å². The zero-order chi connectivity index (χ0) is 32.6. The SMILES string of the molecule is CCC(C)(C)C(=O)OC12CC3CC45CC6(C3)C1CC(CC24)CC56O.CCC(C)C(=O)OC12CC3CC45CC6(C3)C1CC(CC24)CC56O. The van der Waals surface area contributed by atoms with Gasteiger partial charge in [-0.1, -0.05) is 20.8 Å². The van der Waals surface area contributed by atoms with Crippen LogP contribution in [0, 0.1) is 80.3 Å². The second-order valence-electron chi connectivity index (χ2n) is 21.2. The van der Waals surface area contributed by atoms with Gasteiger partial charge in [0, 0.05) is 45.3 Å². The zero-order valence-electron chi connectivity index (χ0n) is 29.5. The van der Waals surface area contributed by atoms with Gasteiger partial charge < -0.3 is 19.7 Å². The molecule has 9 unspecified atom stereocenters. The van der Waals surface area contributed by atoms with Crippen LogP contribution in [0.1, 0.15) is 137 Å². The van der Waals surface area contributed by atoms with Crippen molar-refractivity contribution in [1.29, 1.82) is 0 Å². The average Bonchev–Trinajstić information content (AvgIpc) is 3.02. The molecule has 0 aromatic heterocycles. The van der Waals surface area contributed by atoms with Crippen molar-refractivity contribution in [1.82, 2.24) is 0 Å². The van der Waals surface area contributed by atoms with Crippen LogP contribution in [0.5, 0.6) is 0 Å². The van der Waals surface area contributed by atoms with Crippen LogP contribution in [-0.2, 0) is 19.1 Å². The lowest BCUT2D eigenvalue weighted by Gasteiger charge is -2.91. The molecule has 47 heavy (non-hydrogen) atoms. The summed E-state index contributed by atoms with van der Waals surface area (Å²) in [7, 11) is 0. The van der Waals surface area contributed by atoms with E-state index in [0.717, 1.165) is 38.5 Å². The highest BCUT2D eigenvalue weighted by molar-refractivity contribution is 5.76. The number of ether oxygens (including phenoxy) is 2. The Labute approximate surface area is 280 Å². The molecule has 4 spiro atoms. The van der Waals surface area contributed by atoms with Crippen LogP contribution in [-0.4, -0.2) is 44.6 Å². The van der Waals surface area contributed by atoms with Gasteiger partial charge in [-0.3, -0.25) is 9.59 Å². The van der Waals surface area contributed by atoms with Gasteiger partial charge in [-0.2, -0.15) is 0 Å². The molecule has 0 amide bonds. The number of carbonyl (C=O) groups excluding carboxylic acids is 2. The summed E-state index contributed by atoms with van der Waals surface area (Å²) in [5.74, 6) is 4.53. The average molecular weight is 647 g/mol. The molecule has 16 bridgehead atoms. The van der Waals surface area contributed by atoms with Crippen LogP contribution >= 0.6 is 0 Å². The second-order valence-corrected chi connectivity index (χ2v) is 21.2. The van der Waals surface area contributed by atoms with Crippen molar-refractivity contribution in [3.8, 4) is 0 Å². The van der Waals surface area contributed by atoms with E-state index < -0.39 is 16.6 Å². The molecule has 6 nitrogen and oxygen atoms in total. The molecule has 2 N–H and O–H groups in total. The molecule has 18 aliphatic carbocycles. The number of hydrogen-bond acceptors (Lipinski definition) is 6. The van der Waals surface area contributed by atoms with E-state index in [2.05, 4.69) is 13.8 Å². The molecule has 18 aliphatic rings. The van der Waals surface area contributed by atoms with Crippen molar-refractivity contribution in [3.05, 3.63) is 0 Å². The largest absolute Gasteiger partial charge is 0.458 e. The molecule has 0 heterocycles. The van der Waals surface area contributed by atoms with E-state index in [9.17, 15) is 19.8 Å². The Balaban J connectivity index is 0.000000115. The molecule has 18 saturated carbocycles. The van der Waals surface area contributed by atoms with Crippen molar-refractivity contribution < 1.29 is 29.3 Å². The second kappa shape index (κ2) is 8.00. The summed E-state index contributed by atoms with van der Waals surface area (Å²) in [4.78, 5) is 25.7. The fourth-order valence-electron chi connectivity index (χ4n) is 18.5. The molecule has 0 radical (unpaired) electrons. The maximum absolute atomic E-state index is 13.0. The predicted molar refractivity (Wildman–Crippen MR) is 173 cm³/mol. The Kier molecular flexibility index (Phi) is 5.03. The summed E-state index contributed by atoms with van der Waals surface area (Å²) < 4.78 is 13.0. The summed E-state index contributed by atoms with van der Waals surface area (Å²) in [5, 5.41) is 23.4. The highest BCUT2D eigenvalue weighted by Gasteiger charge is 2.95. The Morgan fingerprint density at radius 3 is 1.45 bits per heavy atom. The minimum absolute atomic E-state index is 0.00711. The molecule has 6 heteroatoms. The fraction of sp³-hybridized carbons (Fsp3) is 0.951. The monoisotopic (exact) mass is 646 g/mol. The highest BCUT2D eigenvalue weighted by Crippen LogP contribution is 2.94. The maximum Gasteiger partial charge on any atom is 0.312 e. The van der Waals surface area contributed by atoms with E-state index in [-0.39, 0.29) is 50.7 Å². The lowest BCUT2D eigenvalue weighted by molar-refractivity contribution is -0.485. The summed E-state index contributed by atoms with van der Waals surface area (Å²) in [6, 6.07) is 0. The molecule has 0 aromatic rings. The predicted octanol–water partition coefficient (Wildman–Crippen LogP) is 6.98. The lowest BCUT2D eigenvalue weighted by atomic mass is 9.14. The number of esters is 2. The van der Waals surface area contributed by atoms with Crippen LogP contribution in [0.3, 0.4) is 0 Å². The summed E-state index contributed by atoms with van der Waals surface area (Å²) in [5.41, 5.74) is -1.24. The number of carbonyl (C=O) groups is 2. The quantitative estimate of drug-likeness (QED) is 0.303. The van der Waals surface area contributed by atoms with Crippen LogP contribution in [0.15, 0.2) is 0 Å². The molecule has 258 valence electrons. The van der Waals surface area contributed by atoms with Gasteiger partial charge in [0.15, 0.2) is 0 Å². The van der Waals surface area contributed by atoms with Crippen molar-refractivity contribution in [2.45, 2.75) is 160 Å². The first kappa shape index (κ1) is 29.6. The van der Waals surface area contributed by atoms with Crippen LogP contribution in [0.25, 0.3) is 0 Å². The van der Waals surface area contributed by atoms with Gasteiger partial charge in [-0.25, -0.2) is 0 Å². The third-order valence-corrected chi connectivity index (χ3v) is 19.9. The van der Waals surface area contributed by atoms with Gasteiger partial charge in [0.1, 0.15) is 11.2 Å². The first-order valence-corrected chi connectivity index (χ1v) is 20.0. The fourth-order valence-corrected chi connectivity index (χ4v) is 18.5. The van der Waals surface area contributed by atoms with Gasteiger partial charge in [0.25, 0.3) is 0 Å². The number of aliphatic hydroxyl groups is 2. The topological polar surface area (TPSA) is 93.1 Å². The first-order chi connectivity index (χ1) is 22.1. The minimum atomic E-state index is -0.413. The minimum Gasteiger partial charge on any atom is -0.458 e. The smallest absolute Gasteiger partial charge is 0.312 e. The molecule has 0 aliphatic heterocycles. The molecule has 18 rings (SSSR count). The summed E-state index contributed by atoms with van der Waals surface area (Å²) in [6.07, 6.45) is 18.0.